The molecule has 1 rings (SSSR count). The lowest BCUT2D eigenvalue weighted by Gasteiger charge is -2.36. The number of ether oxygens (including phenoxy) is 1. The average molecular weight is 240 g/mol. The predicted molar refractivity (Wildman–Crippen MR) is 66.5 cm³/mol. The van der Waals surface area contributed by atoms with Crippen molar-refractivity contribution in [3.63, 3.8) is 0 Å². The molecule has 0 aliphatic heterocycles. The molecule has 1 saturated carbocycles. The molecule has 3 nitrogen and oxygen atoms in total. The SMILES string of the molecule is COC(=O)CC[C@@H]1C[C@H](C(C)(C)C)CCC1=O. The minimum atomic E-state index is -0.212. The van der Waals surface area contributed by atoms with E-state index in [1.807, 2.05) is 0 Å². The van der Waals surface area contributed by atoms with Crippen LogP contribution >= 0.6 is 0 Å². The number of hydrogen-bond acceptors (Lipinski definition) is 3. The van der Waals surface area contributed by atoms with Crippen LogP contribution in [0.3, 0.4) is 0 Å². The smallest absolute Gasteiger partial charge is 0.305 e. The molecule has 1 fully saturated rings. The third kappa shape index (κ3) is 4.14. The fourth-order valence-electron chi connectivity index (χ4n) is 2.57. The Kier molecular flexibility index (Phi) is 4.72. The van der Waals surface area contributed by atoms with E-state index < -0.39 is 0 Å². The Hall–Kier alpha value is -0.860. The zero-order valence-corrected chi connectivity index (χ0v) is 11.4. The molecule has 1 aliphatic rings. The molecule has 0 N–H and O–H groups in total. The third-order valence-electron chi connectivity index (χ3n) is 3.91. The molecule has 0 aromatic heterocycles. The van der Waals surface area contributed by atoms with Gasteiger partial charge in [-0.25, -0.2) is 0 Å². The van der Waals surface area contributed by atoms with E-state index in [0.717, 1.165) is 12.8 Å². The van der Waals surface area contributed by atoms with Crippen LogP contribution in [0.15, 0.2) is 0 Å². The Morgan fingerprint density at radius 3 is 2.59 bits per heavy atom. The van der Waals surface area contributed by atoms with Gasteiger partial charge in [0, 0.05) is 18.8 Å². The predicted octanol–water partition coefficient (Wildman–Crippen LogP) is 2.97. The lowest BCUT2D eigenvalue weighted by molar-refractivity contribution is -0.141. The first-order chi connectivity index (χ1) is 7.84. The van der Waals surface area contributed by atoms with Crippen LogP contribution in [0.1, 0.15) is 52.9 Å². The van der Waals surface area contributed by atoms with E-state index >= 15 is 0 Å². The Labute approximate surface area is 104 Å². The number of ketones is 1. The van der Waals surface area contributed by atoms with E-state index in [1.165, 1.54) is 7.11 Å². The molecule has 0 heterocycles. The molecule has 0 spiro atoms. The van der Waals surface area contributed by atoms with Crippen molar-refractivity contribution in [2.75, 3.05) is 7.11 Å². The van der Waals surface area contributed by atoms with E-state index in [1.54, 1.807) is 0 Å². The molecular formula is C14H24O3. The van der Waals surface area contributed by atoms with Gasteiger partial charge in [0.1, 0.15) is 5.78 Å². The molecule has 0 aromatic rings. The van der Waals surface area contributed by atoms with Crippen LogP contribution in [-0.4, -0.2) is 18.9 Å². The maximum atomic E-state index is 11.8. The van der Waals surface area contributed by atoms with E-state index in [-0.39, 0.29) is 17.3 Å². The summed E-state index contributed by atoms with van der Waals surface area (Å²) in [5.41, 5.74) is 0.254. The number of carbonyl (C=O) groups excluding carboxylic acids is 2. The number of Topliss-reactive ketones (excluding diaryl/α,β-unsaturated/α-hetero) is 1. The van der Waals surface area contributed by atoms with Crippen LogP contribution < -0.4 is 0 Å². The molecule has 2 atom stereocenters. The molecule has 3 heteroatoms. The molecule has 0 bridgehead atoms. The normalized spacial score (nSPS) is 25.8. The molecule has 0 amide bonds. The van der Waals surface area contributed by atoms with Crippen molar-refractivity contribution in [3.05, 3.63) is 0 Å². The number of hydrogen-bond donors (Lipinski definition) is 0. The van der Waals surface area contributed by atoms with Crippen LogP contribution in [0.25, 0.3) is 0 Å². The second-order valence-corrected chi connectivity index (χ2v) is 6.12. The molecular weight excluding hydrogens is 216 g/mol. The van der Waals surface area contributed by atoms with Gasteiger partial charge in [-0.2, -0.15) is 0 Å². The zero-order chi connectivity index (χ0) is 13.1. The highest BCUT2D eigenvalue weighted by atomic mass is 16.5. The van der Waals surface area contributed by atoms with Crippen molar-refractivity contribution in [3.8, 4) is 0 Å². The number of rotatable bonds is 3. The summed E-state index contributed by atoms with van der Waals surface area (Å²) >= 11 is 0. The lowest BCUT2D eigenvalue weighted by Crippen LogP contribution is -2.32. The molecule has 1 aliphatic carbocycles. The Bertz CT molecular complexity index is 288. The van der Waals surface area contributed by atoms with Crippen LogP contribution in [0, 0.1) is 17.3 Å². The minimum Gasteiger partial charge on any atom is -0.469 e. The summed E-state index contributed by atoms with van der Waals surface area (Å²) in [4.78, 5) is 22.9. The number of esters is 1. The summed E-state index contributed by atoms with van der Waals surface area (Å²) in [5.74, 6) is 0.764. The molecule has 0 saturated heterocycles. The summed E-state index contributed by atoms with van der Waals surface area (Å²) in [6, 6.07) is 0. The fourth-order valence-corrected chi connectivity index (χ4v) is 2.57. The van der Waals surface area contributed by atoms with E-state index in [9.17, 15) is 9.59 Å². The highest BCUT2D eigenvalue weighted by Crippen LogP contribution is 2.40. The van der Waals surface area contributed by atoms with Crippen molar-refractivity contribution in [1.29, 1.82) is 0 Å². The van der Waals surface area contributed by atoms with Crippen molar-refractivity contribution >= 4 is 11.8 Å². The maximum absolute atomic E-state index is 11.8. The van der Waals surface area contributed by atoms with Crippen molar-refractivity contribution in [2.45, 2.75) is 52.9 Å². The highest BCUT2D eigenvalue weighted by molar-refractivity contribution is 5.82. The summed E-state index contributed by atoms with van der Waals surface area (Å²) in [5, 5.41) is 0. The van der Waals surface area contributed by atoms with Crippen molar-refractivity contribution < 1.29 is 14.3 Å². The first-order valence-electron chi connectivity index (χ1n) is 6.44. The maximum Gasteiger partial charge on any atom is 0.305 e. The largest absolute Gasteiger partial charge is 0.469 e. The summed E-state index contributed by atoms with van der Waals surface area (Å²) in [6.45, 7) is 6.68. The molecule has 0 aromatic carbocycles. The second kappa shape index (κ2) is 5.65. The zero-order valence-electron chi connectivity index (χ0n) is 11.4. The molecule has 0 unspecified atom stereocenters. The Balaban J connectivity index is 2.52. The van der Waals surface area contributed by atoms with Crippen LogP contribution in [0.5, 0.6) is 0 Å². The van der Waals surface area contributed by atoms with Crippen LogP contribution in [0.2, 0.25) is 0 Å². The number of carbonyl (C=O) groups is 2. The second-order valence-electron chi connectivity index (χ2n) is 6.12. The monoisotopic (exact) mass is 240 g/mol. The van der Waals surface area contributed by atoms with E-state index in [0.29, 0.717) is 31.0 Å². The van der Waals surface area contributed by atoms with Gasteiger partial charge in [0.05, 0.1) is 7.11 Å². The van der Waals surface area contributed by atoms with Gasteiger partial charge in [0.2, 0.25) is 0 Å². The van der Waals surface area contributed by atoms with Gasteiger partial charge in [-0.05, 0) is 30.6 Å². The molecule has 0 radical (unpaired) electrons. The van der Waals surface area contributed by atoms with Crippen molar-refractivity contribution in [2.24, 2.45) is 17.3 Å². The summed E-state index contributed by atoms with van der Waals surface area (Å²) < 4.78 is 4.62. The van der Waals surface area contributed by atoms with Gasteiger partial charge < -0.3 is 4.74 Å². The van der Waals surface area contributed by atoms with Gasteiger partial charge >= 0.3 is 5.97 Å². The van der Waals surface area contributed by atoms with E-state index in [4.69, 9.17) is 0 Å². The summed E-state index contributed by atoms with van der Waals surface area (Å²) in [7, 11) is 1.39. The van der Waals surface area contributed by atoms with Gasteiger partial charge in [0.25, 0.3) is 0 Å². The van der Waals surface area contributed by atoms with Gasteiger partial charge in [-0.15, -0.1) is 0 Å². The quantitative estimate of drug-likeness (QED) is 0.712. The molecule has 98 valence electrons. The highest BCUT2D eigenvalue weighted by Gasteiger charge is 2.34. The summed E-state index contributed by atoms with van der Waals surface area (Å²) in [6.07, 6.45) is 3.62. The average Bonchev–Trinajstić information content (AvgIpc) is 2.26. The Morgan fingerprint density at radius 1 is 1.41 bits per heavy atom. The lowest BCUT2D eigenvalue weighted by atomic mass is 9.68. The van der Waals surface area contributed by atoms with E-state index in [2.05, 4.69) is 25.5 Å². The van der Waals surface area contributed by atoms with Gasteiger partial charge in [0.15, 0.2) is 0 Å². The molecule has 17 heavy (non-hydrogen) atoms. The minimum absolute atomic E-state index is 0.0621. The Morgan fingerprint density at radius 2 is 2.06 bits per heavy atom. The fraction of sp³-hybridized carbons (Fsp3) is 0.857. The topological polar surface area (TPSA) is 43.4 Å². The third-order valence-corrected chi connectivity index (χ3v) is 3.91. The van der Waals surface area contributed by atoms with Crippen LogP contribution in [0.4, 0.5) is 0 Å². The first kappa shape index (κ1) is 14.2. The number of methoxy groups -OCH3 is 1. The van der Waals surface area contributed by atoms with Crippen molar-refractivity contribution in [1.82, 2.24) is 0 Å². The first-order valence-corrected chi connectivity index (χ1v) is 6.44. The van der Waals surface area contributed by atoms with Crippen LogP contribution in [-0.2, 0) is 14.3 Å². The standard InChI is InChI=1S/C14H24O3/c1-14(2,3)11-6-7-12(15)10(9-11)5-8-13(16)17-4/h10-11H,5-9H2,1-4H3/t10-,11-/m1/s1. The van der Waals surface area contributed by atoms with Gasteiger partial charge in [-0.3, -0.25) is 9.59 Å². The van der Waals surface area contributed by atoms with Gasteiger partial charge in [-0.1, -0.05) is 20.8 Å².